The van der Waals surface area contributed by atoms with E-state index in [4.69, 9.17) is 22.1 Å². The Morgan fingerprint density at radius 3 is 1.84 bits per heavy atom. The molecule has 5 aromatic rings. The second kappa shape index (κ2) is 14.6. The van der Waals surface area contributed by atoms with Gasteiger partial charge < -0.3 is 14.0 Å². The van der Waals surface area contributed by atoms with Gasteiger partial charge in [0.05, 0.1) is 22.3 Å². The molecule has 1 fully saturated rings. The molecule has 13 heteroatoms. The van der Waals surface area contributed by atoms with Crippen molar-refractivity contribution in [3.8, 4) is 0 Å². The van der Waals surface area contributed by atoms with Gasteiger partial charge in [-0.1, -0.05) is 91.0 Å². The summed E-state index contributed by atoms with van der Waals surface area (Å²) in [5, 5.41) is 12.7. The summed E-state index contributed by atoms with van der Waals surface area (Å²) in [6.45, 7) is -2.19. The van der Waals surface area contributed by atoms with Crippen molar-refractivity contribution in [2.75, 3.05) is 0 Å². The fourth-order valence-electron chi connectivity index (χ4n) is 6.18. The number of carbonyl (C=O) groups excluding carboxylic acids is 3. The van der Waals surface area contributed by atoms with Gasteiger partial charge in [0.1, 0.15) is 17.9 Å². The first-order valence-corrected chi connectivity index (χ1v) is 17.9. The van der Waals surface area contributed by atoms with Crippen LogP contribution in [-0.4, -0.2) is 48.0 Å². The van der Waals surface area contributed by atoms with E-state index in [-0.39, 0.29) is 17.7 Å². The van der Waals surface area contributed by atoms with Crippen molar-refractivity contribution in [3.05, 3.63) is 149 Å². The molecule has 50 heavy (non-hydrogen) atoms. The van der Waals surface area contributed by atoms with Crippen LogP contribution in [-0.2, 0) is 37.5 Å². The quantitative estimate of drug-likeness (QED) is 0.0529. The third-order valence-electron chi connectivity index (χ3n) is 8.42. The highest BCUT2D eigenvalue weighted by atomic mass is 32.1. The third-order valence-corrected chi connectivity index (χ3v) is 13.2. The number of β-lactam (4-membered cyclic amide) rings is 1. The van der Waals surface area contributed by atoms with Crippen LogP contribution in [0.5, 0.6) is 0 Å². The number of esters is 2. The molecule has 1 aliphatic heterocycles. The SMILES string of the molecule is CC(=O)OC(c1cn(C)cn1)C1C(=O)N(C(C(=O)OCc2ccc([N+](=O)[O-])cc2)=P(c2ccccc2)(c2ccccc2)c2ccccc2)C1S. The number of nitro benzene ring substituents is 1. The normalized spacial score (nSPS) is 16.2. The minimum Gasteiger partial charge on any atom is -0.456 e. The second-order valence-electron chi connectivity index (χ2n) is 11.6. The summed E-state index contributed by atoms with van der Waals surface area (Å²) in [5.41, 5.74) is 0.885. The van der Waals surface area contributed by atoms with Gasteiger partial charge in [0, 0.05) is 39.2 Å². The number of amides is 1. The number of imidazole rings is 1. The number of hydrogen-bond acceptors (Lipinski definition) is 9. The van der Waals surface area contributed by atoms with E-state index in [9.17, 15) is 24.5 Å². The zero-order valence-corrected chi connectivity index (χ0v) is 28.9. The smallest absolute Gasteiger partial charge is 0.356 e. The standard InChI is InChI=1S/C37H33N4O7PS/c1-25(42)48-33(31-22-39(2)24-38-31)32-34(43)40(36(32)50)35(37(44)47-23-26-18-20-27(21-19-26)41(45)46)49(28-12-6-3-7-13-28,29-14-8-4-9-15-29)30-16-10-5-11-17-30/h3-22,24,32-33,36,50H,23H2,1-2H3. The summed E-state index contributed by atoms with van der Waals surface area (Å²) >= 11 is 4.93. The highest BCUT2D eigenvalue weighted by Gasteiger charge is 2.57. The van der Waals surface area contributed by atoms with Gasteiger partial charge in [-0.3, -0.25) is 24.6 Å². The molecule has 1 amide bonds. The molecular weight excluding hydrogens is 675 g/mol. The van der Waals surface area contributed by atoms with Crippen molar-refractivity contribution in [3.63, 3.8) is 0 Å². The van der Waals surface area contributed by atoms with E-state index in [0.717, 1.165) is 15.9 Å². The number of rotatable bonds is 11. The van der Waals surface area contributed by atoms with Gasteiger partial charge in [0.15, 0.2) is 6.10 Å². The Bertz CT molecular complexity index is 1990. The van der Waals surface area contributed by atoms with E-state index in [1.54, 1.807) is 24.1 Å². The van der Waals surface area contributed by atoms with Crippen LogP contribution in [0.2, 0.25) is 0 Å². The lowest BCUT2D eigenvalue weighted by molar-refractivity contribution is -0.384. The van der Waals surface area contributed by atoms with Gasteiger partial charge in [0.2, 0.25) is 5.91 Å². The molecular formula is C37H33N4O7PS. The Labute approximate surface area is 294 Å². The minimum atomic E-state index is -3.23. The second-order valence-corrected chi connectivity index (χ2v) is 15.5. The van der Waals surface area contributed by atoms with Crippen molar-refractivity contribution < 1.29 is 28.8 Å². The Balaban J connectivity index is 1.58. The van der Waals surface area contributed by atoms with Crippen LogP contribution in [0.3, 0.4) is 0 Å². The zero-order valence-electron chi connectivity index (χ0n) is 27.1. The molecule has 11 nitrogen and oxygen atoms in total. The van der Waals surface area contributed by atoms with Gasteiger partial charge in [0.25, 0.3) is 5.69 Å². The molecule has 1 saturated heterocycles. The summed E-state index contributed by atoms with van der Waals surface area (Å²) in [6, 6.07) is 34.2. The number of aryl methyl sites for hydroxylation is 1. The first-order valence-electron chi connectivity index (χ1n) is 15.6. The molecule has 254 valence electrons. The molecule has 2 heterocycles. The monoisotopic (exact) mass is 708 g/mol. The first kappa shape index (κ1) is 34.4. The Kier molecular flexibility index (Phi) is 10.0. The summed E-state index contributed by atoms with van der Waals surface area (Å²) < 4.78 is 13.4. The third kappa shape index (κ3) is 6.47. The highest BCUT2D eigenvalue weighted by molar-refractivity contribution is 7.96. The van der Waals surface area contributed by atoms with Crippen LogP contribution < -0.4 is 15.9 Å². The molecule has 3 atom stereocenters. The number of carbonyl (C=O) groups is 3. The van der Waals surface area contributed by atoms with E-state index in [1.807, 2.05) is 91.0 Å². The molecule has 0 radical (unpaired) electrons. The lowest BCUT2D eigenvalue weighted by Crippen LogP contribution is -2.65. The molecule has 6 rings (SSSR count). The number of benzene rings is 4. The van der Waals surface area contributed by atoms with Gasteiger partial charge in [-0.15, -0.1) is 0 Å². The Morgan fingerprint density at radius 1 is 0.900 bits per heavy atom. The zero-order chi connectivity index (χ0) is 35.4. The average Bonchev–Trinajstić information content (AvgIpc) is 3.57. The molecule has 0 spiro atoms. The fourth-order valence-corrected chi connectivity index (χ4v) is 11.2. The van der Waals surface area contributed by atoms with Crippen LogP contribution in [0.1, 0.15) is 24.3 Å². The fraction of sp³-hybridized carbons (Fsp3) is 0.162. The van der Waals surface area contributed by atoms with Gasteiger partial charge in [-0.2, -0.15) is 12.6 Å². The number of thiol groups is 1. The summed E-state index contributed by atoms with van der Waals surface area (Å²) in [7, 11) is 1.76. The van der Waals surface area contributed by atoms with E-state index < -0.39 is 47.1 Å². The first-order chi connectivity index (χ1) is 24.1. The largest absolute Gasteiger partial charge is 0.456 e. The van der Waals surface area contributed by atoms with Crippen molar-refractivity contribution in [1.29, 1.82) is 0 Å². The maximum atomic E-state index is 14.8. The molecule has 0 aliphatic carbocycles. The summed E-state index contributed by atoms with van der Waals surface area (Å²) in [6.07, 6.45) is 2.15. The molecule has 3 unspecified atom stereocenters. The van der Waals surface area contributed by atoms with Gasteiger partial charge in [-0.05, 0) is 33.6 Å². The lowest BCUT2D eigenvalue weighted by Gasteiger charge is -2.49. The Hall–Kier alpha value is -5.45. The topological polar surface area (TPSA) is 134 Å². The molecule has 1 aromatic heterocycles. The number of hydrogen-bond donors (Lipinski definition) is 1. The molecule has 0 bridgehead atoms. The van der Waals surface area contributed by atoms with Gasteiger partial charge in [-0.25, -0.2) is 9.78 Å². The maximum Gasteiger partial charge on any atom is 0.356 e. The number of likely N-dealkylation sites (tertiary alicyclic amines) is 1. The molecule has 4 aromatic carbocycles. The maximum absolute atomic E-state index is 14.8. The van der Waals surface area contributed by atoms with Crippen LogP contribution in [0.25, 0.3) is 0 Å². The Morgan fingerprint density at radius 2 is 1.42 bits per heavy atom. The molecule has 0 saturated carbocycles. The number of ether oxygens (including phenoxy) is 2. The van der Waals surface area contributed by atoms with Crippen LogP contribution in [0.4, 0.5) is 5.69 Å². The van der Waals surface area contributed by atoms with Crippen molar-refractivity contribution in [2.45, 2.75) is 25.0 Å². The van der Waals surface area contributed by atoms with Crippen molar-refractivity contribution in [2.24, 2.45) is 13.0 Å². The predicted molar refractivity (Wildman–Crippen MR) is 194 cm³/mol. The predicted octanol–water partition coefficient (Wildman–Crippen LogP) is 4.51. The lowest BCUT2D eigenvalue weighted by atomic mass is 9.90. The van der Waals surface area contributed by atoms with Crippen molar-refractivity contribution >= 4 is 64.4 Å². The number of aromatic nitrogens is 2. The van der Waals surface area contributed by atoms with Crippen LogP contribution in [0.15, 0.2) is 128 Å². The van der Waals surface area contributed by atoms with E-state index in [1.165, 1.54) is 36.1 Å². The van der Waals surface area contributed by atoms with Gasteiger partial charge >= 0.3 is 11.9 Å². The molecule has 1 aliphatic rings. The van der Waals surface area contributed by atoms with E-state index in [2.05, 4.69) is 4.98 Å². The minimum absolute atomic E-state index is 0.0897. The van der Waals surface area contributed by atoms with Crippen molar-refractivity contribution in [1.82, 2.24) is 14.5 Å². The van der Waals surface area contributed by atoms with Crippen LogP contribution >= 0.6 is 19.5 Å². The average molecular weight is 709 g/mol. The number of nitro groups is 1. The highest BCUT2D eigenvalue weighted by Crippen LogP contribution is 2.51. The number of nitrogens with zero attached hydrogens (tertiary/aromatic N) is 4. The van der Waals surface area contributed by atoms with Crippen LogP contribution in [0, 0.1) is 16.0 Å². The number of non-ortho nitro benzene ring substituents is 1. The summed E-state index contributed by atoms with van der Waals surface area (Å²) in [4.78, 5) is 58.2. The summed E-state index contributed by atoms with van der Waals surface area (Å²) in [5.74, 6) is -2.82. The van der Waals surface area contributed by atoms with E-state index in [0.29, 0.717) is 11.3 Å². The molecule has 0 N–H and O–H groups in total. The van der Waals surface area contributed by atoms with E-state index >= 15 is 0 Å².